The smallest absolute Gasteiger partial charge is 0.264 e. The van der Waals surface area contributed by atoms with Gasteiger partial charge in [-0.25, -0.2) is 13.8 Å². The zero-order valence-electron chi connectivity index (χ0n) is 18.0. The fraction of sp³-hybridized carbons (Fsp3) is 0.318. The number of amides is 2. The van der Waals surface area contributed by atoms with Gasteiger partial charge in [0.15, 0.2) is 0 Å². The highest BCUT2D eigenvalue weighted by Crippen LogP contribution is 2.26. The Bertz CT molecular complexity index is 1090. The van der Waals surface area contributed by atoms with Crippen LogP contribution >= 0.6 is 0 Å². The second-order valence-electron chi connectivity index (χ2n) is 7.34. The van der Waals surface area contributed by atoms with E-state index >= 15 is 0 Å². The summed E-state index contributed by atoms with van der Waals surface area (Å²) in [6.07, 6.45) is 3.74. The maximum absolute atomic E-state index is 13.4. The van der Waals surface area contributed by atoms with Crippen LogP contribution in [0, 0.1) is 0 Å². The predicted molar refractivity (Wildman–Crippen MR) is 122 cm³/mol. The molecule has 1 aliphatic rings. The van der Waals surface area contributed by atoms with E-state index in [9.17, 15) is 18.0 Å². The minimum Gasteiger partial charge on any atom is -0.497 e. The first-order chi connectivity index (χ1) is 15.3. The molecule has 0 saturated heterocycles. The Morgan fingerprint density at radius 3 is 2.22 bits per heavy atom. The highest BCUT2D eigenvalue weighted by molar-refractivity contribution is 7.92. The van der Waals surface area contributed by atoms with E-state index in [0.29, 0.717) is 17.1 Å². The molecule has 170 valence electrons. The third-order valence-electron chi connectivity index (χ3n) is 4.93. The number of nitrogens with zero attached hydrogens (tertiary/aromatic N) is 2. The lowest BCUT2D eigenvalue weighted by molar-refractivity contribution is -0.119. The number of carbonyl (C=O) groups is 2. The van der Waals surface area contributed by atoms with Crippen molar-refractivity contribution < 1.29 is 22.7 Å². The average Bonchev–Trinajstić information content (AvgIpc) is 3.30. The van der Waals surface area contributed by atoms with Crippen molar-refractivity contribution in [1.82, 2.24) is 5.43 Å². The van der Waals surface area contributed by atoms with E-state index in [1.54, 1.807) is 24.3 Å². The third-order valence-corrected chi connectivity index (χ3v) is 6.72. The Hall–Kier alpha value is -3.40. The number of methoxy groups -OCH3 is 1. The van der Waals surface area contributed by atoms with Gasteiger partial charge < -0.3 is 10.1 Å². The number of hydrogen-bond donors (Lipinski definition) is 2. The van der Waals surface area contributed by atoms with Gasteiger partial charge in [0.05, 0.1) is 17.7 Å². The van der Waals surface area contributed by atoms with Crippen molar-refractivity contribution in [3.8, 4) is 5.75 Å². The van der Waals surface area contributed by atoms with Crippen molar-refractivity contribution in [2.45, 2.75) is 37.5 Å². The SMILES string of the molecule is COc1ccc(N(CC(=O)NN=C2CCCC2)S(=O)(=O)c2ccc(NC(C)=O)cc2)cc1. The molecule has 0 aromatic heterocycles. The van der Waals surface area contributed by atoms with E-state index in [1.165, 1.54) is 38.3 Å². The zero-order chi connectivity index (χ0) is 23.1. The zero-order valence-corrected chi connectivity index (χ0v) is 18.8. The van der Waals surface area contributed by atoms with E-state index in [2.05, 4.69) is 15.8 Å². The number of hydrogen-bond acceptors (Lipinski definition) is 6. The van der Waals surface area contributed by atoms with Gasteiger partial charge in [-0.3, -0.25) is 13.9 Å². The molecule has 0 unspecified atom stereocenters. The molecule has 0 radical (unpaired) electrons. The molecule has 10 heteroatoms. The summed E-state index contributed by atoms with van der Waals surface area (Å²) in [5, 5.41) is 6.72. The summed E-state index contributed by atoms with van der Waals surface area (Å²) in [5.41, 5.74) is 4.16. The number of anilines is 2. The minimum atomic E-state index is -4.08. The van der Waals surface area contributed by atoms with E-state index in [-0.39, 0.29) is 10.8 Å². The van der Waals surface area contributed by atoms with Crippen LogP contribution in [0.4, 0.5) is 11.4 Å². The molecular formula is C22H26N4O5S. The molecule has 1 aliphatic carbocycles. The fourth-order valence-electron chi connectivity index (χ4n) is 3.31. The second-order valence-corrected chi connectivity index (χ2v) is 9.20. The molecule has 3 rings (SSSR count). The van der Waals surface area contributed by atoms with E-state index in [1.807, 2.05) is 0 Å². The summed E-state index contributed by atoms with van der Waals surface area (Å²) < 4.78 is 33.0. The van der Waals surface area contributed by atoms with Gasteiger partial charge in [-0.05, 0) is 74.2 Å². The quantitative estimate of drug-likeness (QED) is 0.590. The van der Waals surface area contributed by atoms with Gasteiger partial charge >= 0.3 is 0 Å². The number of hydrazone groups is 1. The van der Waals surface area contributed by atoms with Crippen LogP contribution in [-0.4, -0.2) is 39.6 Å². The number of carbonyl (C=O) groups excluding carboxylic acids is 2. The molecule has 0 atom stereocenters. The van der Waals surface area contributed by atoms with Gasteiger partial charge in [-0.15, -0.1) is 0 Å². The van der Waals surface area contributed by atoms with E-state index in [4.69, 9.17) is 4.74 Å². The standard InChI is InChI=1S/C22H26N4O5S/c1-16(27)23-17-7-13-21(14-8-17)32(29,30)26(19-9-11-20(31-2)12-10-19)15-22(28)25-24-18-5-3-4-6-18/h7-14H,3-6,15H2,1-2H3,(H,23,27)(H,25,28). The van der Waals surface area contributed by atoms with Crippen molar-refractivity contribution in [3.05, 3.63) is 48.5 Å². The van der Waals surface area contributed by atoms with Crippen LogP contribution in [0.25, 0.3) is 0 Å². The number of benzene rings is 2. The molecule has 1 saturated carbocycles. The maximum Gasteiger partial charge on any atom is 0.264 e. The lowest BCUT2D eigenvalue weighted by Crippen LogP contribution is -2.39. The van der Waals surface area contributed by atoms with Crippen LogP contribution < -0.4 is 19.8 Å². The van der Waals surface area contributed by atoms with Gasteiger partial charge in [0.2, 0.25) is 5.91 Å². The normalized spacial score (nSPS) is 13.4. The van der Waals surface area contributed by atoms with Crippen molar-refractivity contribution in [2.24, 2.45) is 5.10 Å². The molecule has 9 nitrogen and oxygen atoms in total. The largest absolute Gasteiger partial charge is 0.497 e. The average molecular weight is 459 g/mol. The first-order valence-electron chi connectivity index (χ1n) is 10.2. The van der Waals surface area contributed by atoms with Crippen LogP contribution in [0.1, 0.15) is 32.6 Å². The summed E-state index contributed by atoms with van der Waals surface area (Å²) in [7, 11) is -2.57. The molecule has 32 heavy (non-hydrogen) atoms. The third kappa shape index (κ3) is 5.85. The fourth-order valence-corrected chi connectivity index (χ4v) is 4.73. The number of rotatable bonds is 8. The molecule has 0 aliphatic heterocycles. The molecule has 2 amide bonds. The topological polar surface area (TPSA) is 117 Å². The summed E-state index contributed by atoms with van der Waals surface area (Å²) in [6, 6.07) is 12.1. The Morgan fingerprint density at radius 2 is 1.66 bits per heavy atom. The van der Waals surface area contributed by atoms with Gasteiger partial charge in [0, 0.05) is 18.3 Å². The highest BCUT2D eigenvalue weighted by atomic mass is 32.2. The second kappa shape index (κ2) is 10.3. The van der Waals surface area contributed by atoms with Crippen LogP contribution in [0.3, 0.4) is 0 Å². The Morgan fingerprint density at radius 1 is 1.03 bits per heavy atom. The first-order valence-corrected chi connectivity index (χ1v) is 11.6. The molecule has 2 aromatic carbocycles. The Labute approximate surface area is 187 Å². The Kier molecular flexibility index (Phi) is 7.47. The number of sulfonamides is 1. The monoisotopic (exact) mass is 458 g/mol. The van der Waals surface area contributed by atoms with Gasteiger partial charge in [-0.2, -0.15) is 5.10 Å². The van der Waals surface area contributed by atoms with Crippen LogP contribution in [-0.2, 0) is 19.6 Å². The molecular weight excluding hydrogens is 432 g/mol. The lowest BCUT2D eigenvalue weighted by atomic mass is 10.3. The minimum absolute atomic E-state index is 0.0164. The lowest BCUT2D eigenvalue weighted by Gasteiger charge is -2.24. The van der Waals surface area contributed by atoms with Crippen molar-refractivity contribution >= 4 is 38.9 Å². The summed E-state index contributed by atoms with van der Waals surface area (Å²) >= 11 is 0. The van der Waals surface area contributed by atoms with Crippen LogP contribution in [0.15, 0.2) is 58.5 Å². The molecule has 1 fully saturated rings. The molecule has 0 bridgehead atoms. The van der Waals surface area contributed by atoms with Crippen molar-refractivity contribution in [2.75, 3.05) is 23.3 Å². The molecule has 0 spiro atoms. The van der Waals surface area contributed by atoms with Crippen molar-refractivity contribution in [3.63, 3.8) is 0 Å². The van der Waals surface area contributed by atoms with E-state index < -0.39 is 22.5 Å². The molecule has 0 heterocycles. The summed E-state index contributed by atoms with van der Waals surface area (Å²) in [4.78, 5) is 23.8. The summed E-state index contributed by atoms with van der Waals surface area (Å²) in [5.74, 6) is -0.248. The van der Waals surface area contributed by atoms with Crippen LogP contribution in [0.2, 0.25) is 0 Å². The first kappa shape index (κ1) is 23.3. The maximum atomic E-state index is 13.4. The number of nitrogens with one attached hydrogen (secondary N) is 2. The molecule has 2 aromatic rings. The van der Waals surface area contributed by atoms with Crippen molar-refractivity contribution in [1.29, 1.82) is 0 Å². The van der Waals surface area contributed by atoms with Crippen LogP contribution in [0.5, 0.6) is 5.75 Å². The van der Waals surface area contributed by atoms with E-state index in [0.717, 1.165) is 35.7 Å². The van der Waals surface area contributed by atoms with Gasteiger partial charge in [-0.1, -0.05) is 0 Å². The number of ether oxygens (including phenoxy) is 1. The Balaban J connectivity index is 1.88. The summed E-state index contributed by atoms with van der Waals surface area (Å²) in [6.45, 7) is 0.919. The van der Waals surface area contributed by atoms with Gasteiger partial charge in [0.1, 0.15) is 12.3 Å². The van der Waals surface area contributed by atoms with Gasteiger partial charge in [0.25, 0.3) is 15.9 Å². The highest BCUT2D eigenvalue weighted by Gasteiger charge is 2.27. The molecule has 2 N–H and O–H groups in total. The predicted octanol–water partition coefficient (Wildman–Crippen LogP) is 2.90.